The molecule has 0 aliphatic carbocycles. The van der Waals surface area contributed by atoms with E-state index in [0.29, 0.717) is 0 Å². The van der Waals surface area contributed by atoms with Crippen LogP contribution in [0, 0.1) is 13.8 Å². The molecule has 0 aliphatic heterocycles. The molecular formula is C82H56N8S. The summed E-state index contributed by atoms with van der Waals surface area (Å²) in [6.07, 6.45) is 0. The summed E-state index contributed by atoms with van der Waals surface area (Å²) in [7, 11) is 0. The number of aromatic nitrogens is 6. The average molecular weight is 1190 g/mol. The number of rotatable bonds is 12. The van der Waals surface area contributed by atoms with Crippen LogP contribution >= 0.6 is 11.7 Å². The highest BCUT2D eigenvalue weighted by molar-refractivity contribution is 7.00. The number of para-hydroxylation sites is 6. The topological polar surface area (TPSA) is 67.9 Å². The van der Waals surface area contributed by atoms with E-state index in [1.807, 2.05) is 12.1 Å². The van der Waals surface area contributed by atoms with Gasteiger partial charge in [-0.3, -0.25) is 0 Å². The Balaban J connectivity index is 0.848. The highest BCUT2D eigenvalue weighted by atomic mass is 32.1. The van der Waals surface area contributed by atoms with Crippen LogP contribution in [0.5, 0.6) is 0 Å². The van der Waals surface area contributed by atoms with Crippen molar-refractivity contribution in [2.45, 2.75) is 13.8 Å². The Morgan fingerprint density at radius 3 is 1.03 bits per heavy atom. The maximum Gasteiger partial charge on any atom is 0.115 e. The molecule has 91 heavy (non-hydrogen) atoms. The summed E-state index contributed by atoms with van der Waals surface area (Å²) in [5.41, 5.74) is 25.6. The number of hydrogen-bond donors (Lipinski definition) is 0. The van der Waals surface area contributed by atoms with Crippen LogP contribution in [-0.2, 0) is 0 Å². The number of nitrogens with zero attached hydrogens (tertiary/aromatic N) is 8. The molecule has 0 saturated carbocycles. The predicted molar refractivity (Wildman–Crippen MR) is 380 cm³/mol. The van der Waals surface area contributed by atoms with Gasteiger partial charge in [-0.15, -0.1) is 0 Å². The molecule has 0 bridgehead atoms. The Kier molecular flexibility index (Phi) is 13.0. The molecule has 8 nitrogen and oxygen atoms in total. The lowest BCUT2D eigenvalue weighted by Gasteiger charge is -2.28. The Morgan fingerprint density at radius 2 is 0.637 bits per heavy atom. The molecular weight excluding hydrogens is 1130 g/mol. The molecule has 4 aromatic heterocycles. The fourth-order valence-corrected chi connectivity index (χ4v) is 14.3. The second-order valence-corrected chi connectivity index (χ2v) is 23.7. The fourth-order valence-electron chi connectivity index (χ4n) is 13.7. The van der Waals surface area contributed by atoms with Crippen molar-refractivity contribution < 1.29 is 0 Å². The lowest BCUT2D eigenvalue weighted by Crippen LogP contribution is -2.11. The summed E-state index contributed by atoms with van der Waals surface area (Å²) in [6.45, 7) is 4.42. The van der Waals surface area contributed by atoms with E-state index in [9.17, 15) is 0 Å². The molecule has 0 saturated heterocycles. The van der Waals surface area contributed by atoms with E-state index in [1.165, 1.54) is 44.3 Å². The molecule has 0 N–H and O–H groups in total. The molecule has 17 aromatic rings. The van der Waals surface area contributed by atoms with E-state index < -0.39 is 0 Å². The van der Waals surface area contributed by atoms with Crippen molar-refractivity contribution in [3.63, 3.8) is 0 Å². The van der Waals surface area contributed by atoms with Gasteiger partial charge in [-0.25, -0.2) is 9.97 Å². The quantitative estimate of drug-likeness (QED) is 0.121. The first-order chi connectivity index (χ1) is 45.0. The highest BCUT2D eigenvalue weighted by Gasteiger charge is 2.28. The monoisotopic (exact) mass is 1180 g/mol. The van der Waals surface area contributed by atoms with E-state index in [4.69, 9.17) is 18.7 Å². The van der Waals surface area contributed by atoms with Gasteiger partial charge in [0.05, 0.1) is 45.2 Å². The van der Waals surface area contributed by atoms with Crippen molar-refractivity contribution in [3.8, 4) is 56.1 Å². The molecule has 430 valence electrons. The minimum absolute atomic E-state index is 0.747. The predicted octanol–water partition coefficient (Wildman–Crippen LogP) is 22.1. The van der Waals surface area contributed by atoms with Gasteiger partial charge in [-0.2, -0.15) is 8.75 Å². The molecule has 13 aromatic carbocycles. The van der Waals surface area contributed by atoms with Crippen LogP contribution in [0.3, 0.4) is 0 Å². The number of hydrogen-bond acceptors (Lipinski definition) is 7. The number of fused-ring (bicyclic) bond motifs is 8. The van der Waals surface area contributed by atoms with Crippen molar-refractivity contribution in [1.29, 1.82) is 0 Å². The largest absolute Gasteiger partial charge is 0.310 e. The Labute approximate surface area is 530 Å². The summed E-state index contributed by atoms with van der Waals surface area (Å²) >= 11 is 1.22. The second-order valence-electron chi connectivity index (χ2n) is 23.2. The molecule has 0 fully saturated rings. The van der Waals surface area contributed by atoms with E-state index in [0.717, 1.165) is 134 Å². The van der Waals surface area contributed by atoms with Crippen LogP contribution < -0.4 is 9.80 Å². The third-order valence-corrected chi connectivity index (χ3v) is 18.3. The van der Waals surface area contributed by atoms with Crippen LogP contribution in [0.1, 0.15) is 11.1 Å². The maximum atomic E-state index is 5.84. The van der Waals surface area contributed by atoms with Crippen molar-refractivity contribution in [2.24, 2.45) is 0 Å². The average Bonchev–Trinajstić information content (AvgIpc) is 1.75. The molecule has 4 heterocycles. The van der Waals surface area contributed by atoms with E-state index in [1.54, 1.807) is 0 Å². The fraction of sp³-hybridized carbons (Fsp3) is 0.0244. The minimum atomic E-state index is 0.747. The smallest absolute Gasteiger partial charge is 0.115 e. The van der Waals surface area contributed by atoms with Crippen LogP contribution in [-0.4, -0.2) is 27.8 Å². The lowest BCUT2D eigenvalue weighted by atomic mass is 9.92. The number of aryl methyl sites for hydroxylation is 2. The van der Waals surface area contributed by atoms with Gasteiger partial charge < -0.3 is 18.9 Å². The first-order valence-electron chi connectivity index (χ1n) is 30.7. The van der Waals surface area contributed by atoms with Crippen molar-refractivity contribution in [1.82, 2.24) is 27.8 Å². The van der Waals surface area contributed by atoms with Crippen LogP contribution in [0.25, 0.3) is 122 Å². The van der Waals surface area contributed by atoms with Crippen LogP contribution in [0.2, 0.25) is 0 Å². The van der Waals surface area contributed by atoms with Crippen molar-refractivity contribution in [3.05, 3.63) is 314 Å². The van der Waals surface area contributed by atoms with Gasteiger partial charge in [-0.1, -0.05) is 182 Å². The second kappa shape index (κ2) is 22.1. The summed E-state index contributed by atoms with van der Waals surface area (Å²) in [6, 6.07) is 108. The molecule has 0 amide bonds. The van der Waals surface area contributed by atoms with Crippen LogP contribution in [0.15, 0.2) is 303 Å². The molecule has 0 radical (unpaired) electrons. The Hall–Kier alpha value is -11.8. The highest BCUT2D eigenvalue weighted by Crippen LogP contribution is 2.49. The lowest BCUT2D eigenvalue weighted by molar-refractivity contribution is 1.18. The zero-order valence-electron chi connectivity index (χ0n) is 49.9. The summed E-state index contributed by atoms with van der Waals surface area (Å²) in [5.74, 6) is 0. The van der Waals surface area contributed by atoms with E-state index >= 15 is 0 Å². The third kappa shape index (κ3) is 9.04. The standard InChI is InChI=1S/C82H56N8S/c1-53-49-57(41-45-69(53)87(59-29-13-5-14-30-59)63-43-47-73-67(51-63)65-37-21-23-39-71(65)89(73)61-33-17-7-18-34-61)75-79-80(84-78(56-27-11-4-12-28-56)77(83-79)55-25-9-3-10-26-55)76(82-81(75)85-91-86-82)58-42-46-70(54(2)50-58)88(60-31-15-6-16-32-60)64-44-48-74-68(52-64)66-38-22-24-40-72(66)90(74)62-35-19-8-20-36-62/h3-52H,1-2H3. The first kappa shape index (κ1) is 53.5. The maximum absolute atomic E-state index is 5.84. The Bertz CT molecular complexity index is 5260. The van der Waals surface area contributed by atoms with Gasteiger partial charge in [0.1, 0.15) is 22.1 Å². The van der Waals surface area contributed by atoms with Gasteiger partial charge in [-0.05, 0) is 157 Å². The molecule has 0 spiro atoms. The van der Waals surface area contributed by atoms with Gasteiger partial charge in [0.25, 0.3) is 0 Å². The Morgan fingerprint density at radius 1 is 0.286 bits per heavy atom. The van der Waals surface area contributed by atoms with E-state index in [2.05, 4.69) is 324 Å². The van der Waals surface area contributed by atoms with Gasteiger partial charge in [0, 0.05) is 89.3 Å². The number of anilines is 6. The molecule has 0 aliphatic rings. The van der Waals surface area contributed by atoms with Crippen molar-refractivity contribution >= 4 is 112 Å². The minimum Gasteiger partial charge on any atom is -0.310 e. The zero-order valence-corrected chi connectivity index (χ0v) is 50.7. The van der Waals surface area contributed by atoms with E-state index in [-0.39, 0.29) is 0 Å². The summed E-state index contributed by atoms with van der Waals surface area (Å²) < 4.78 is 15.2. The summed E-state index contributed by atoms with van der Waals surface area (Å²) in [5, 5.41) is 4.76. The normalized spacial score (nSPS) is 11.6. The molecule has 0 unspecified atom stereocenters. The number of benzene rings is 13. The van der Waals surface area contributed by atoms with Crippen LogP contribution in [0.4, 0.5) is 34.1 Å². The molecule has 9 heteroatoms. The molecule has 17 rings (SSSR count). The molecule has 0 atom stereocenters. The zero-order chi connectivity index (χ0) is 60.5. The summed E-state index contributed by atoms with van der Waals surface area (Å²) in [4.78, 5) is 16.4. The van der Waals surface area contributed by atoms with Gasteiger partial charge >= 0.3 is 0 Å². The third-order valence-electron chi connectivity index (χ3n) is 17.8. The SMILES string of the molecule is Cc1cc(-c2c3nsnc3c(-c3ccc(N(c4ccccc4)c4ccc5c(c4)c4ccccc4n5-c4ccccc4)c(C)c3)c3nc(-c4ccccc4)c(-c4ccccc4)nc23)ccc1N(c1ccccc1)c1ccc2c(c1)c1ccccc1n2-c1ccccc1. The van der Waals surface area contributed by atoms with Gasteiger partial charge in [0.2, 0.25) is 0 Å². The van der Waals surface area contributed by atoms with Crippen molar-refractivity contribution in [2.75, 3.05) is 9.80 Å². The first-order valence-corrected chi connectivity index (χ1v) is 31.4. The van der Waals surface area contributed by atoms with Gasteiger partial charge in [0.15, 0.2) is 0 Å².